The minimum atomic E-state index is -1.03. The molecule has 1 aromatic heterocycles. The molecule has 0 unspecified atom stereocenters. The van der Waals surface area contributed by atoms with Gasteiger partial charge in [0.15, 0.2) is 0 Å². The number of nitrogens with zero attached hydrogens (tertiary/aromatic N) is 2. The lowest BCUT2D eigenvalue weighted by atomic mass is 10.3. The Labute approximate surface area is 129 Å². The van der Waals surface area contributed by atoms with Crippen LogP contribution in [-0.2, 0) is 11.5 Å². The second kappa shape index (κ2) is 6.28. The first kappa shape index (κ1) is 15.5. The third kappa shape index (κ3) is 3.83. The van der Waals surface area contributed by atoms with Crippen LogP contribution in [0.25, 0.3) is 11.0 Å². The quantitative estimate of drug-likeness (QED) is 0.576. The monoisotopic (exact) mass is 356 g/mol. The Morgan fingerprint density at radius 2 is 2.05 bits per heavy atom. The second-order valence-electron chi connectivity index (χ2n) is 6.04. The van der Waals surface area contributed by atoms with Crippen molar-refractivity contribution in [2.24, 2.45) is 0 Å². The summed E-state index contributed by atoms with van der Waals surface area (Å²) in [5.74, 6) is 0.807. The number of methoxy groups -OCH3 is 1. The highest BCUT2D eigenvalue weighted by atomic mass is 79.9. The van der Waals surface area contributed by atoms with Crippen LogP contribution in [0.3, 0.4) is 0 Å². The van der Waals surface area contributed by atoms with Gasteiger partial charge in [0.05, 0.1) is 28.9 Å². The fraction of sp³-hybridized carbons (Fsp3) is 0.500. The molecule has 110 valence electrons. The molecule has 0 aliphatic rings. The summed E-state index contributed by atoms with van der Waals surface area (Å²) in [7, 11) is 0.633. The average Bonchev–Trinajstić information content (AvgIpc) is 2.74. The summed E-state index contributed by atoms with van der Waals surface area (Å²) < 4.78 is 14.0. The first-order valence-electron chi connectivity index (χ1n) is 6.67. The fourth-order valence-electron chi connectivity index (χ4n) is 1.86. The van der Waals surface area contributed by atoms with Gasteiger partial charge < -0.3 is 14.0 Å². The van der Waals surface area contributed by atoms with Crippen LogP contribution in [-0.4, -0.2) is 31.3 Å². The summed E-state index contributed by atoms with van der Waals surface area (Å²) in [4.78, 5) is 4.39. The van der Waals surface area contributed by atoms with E-state index in [1.54, 1.807) is 7.11 Å². The molecule has 6 heteroatoms. The molecule has 2 rings (SSSR count). The Morgan fingerprint density at radius 3 is 2.70 bits per heavy atom. The maximum absolute atomic E-state index is 5.77. The molecule has 0 bridgehead atoms. The van der Waals surface area contributed by atoms with Gasteiger partial charge in [0.25, 0.3) is 0 Å². The molecule has 0 spiro atoms. The number of benzene rings is 1. The summed E-state index contributed by atoms with van der Waals surface area (Å²) in [5.41, 5.74) is 1.96. The number of hydrogen-bond acceptors (Lipinski definition) is 3. The van der Waals surface area contributed by atoms with Gasteiger partial charge in [-0.2, -0.15) is 0 Å². The van der Waals surface area contributed by atoms with Crippen LogP contribution in [0.1, 0.15) is 0 Å². The third-order valence-electron chi connectivity index (χ3n) is 3.12. The van der Waals surface area contributed by atoms with E-state index in [9.17, 15) is 0 Å². The zero-order chi connectivity index (χ0) is 14.8. The van der Waals surface area contributed by atoms with E-state index in [1.165, 1.54) is 6.04 Å². The summed E-state index contributed by atoms with van der Waals surface area (Å²) in [6.45, 7) is 8.40. The molecule has 2 aromatic rings. The van der Waals surface area contributed by atoms with E-state index in [0.29, 0.717) is 6.73 Å². The van der Waals surface area contributed by atoms with Crippen molar-refractivity contribution in [2.45, 2.75) is 32.4 Å². The third-order valence-corrected chi connectivity index (χ3v) is 5.45. The van der Waals surface area contributed by atoms with Crippen molar-refractivity contribution in [2.75, 3.05) is 13.7 Å². The second-order valence-corrected chi connectivity index (χ2v) is 12.5. The van der Waals surface area contributed by atoms with Gasteiger partial charge in [0.2, 0.25) is 0 Å². The standard InChI is InChI=1S/C14H21BrN2O2Si/c1-18-14-8-13-12(7-11(14)15)16-9-17(13)10-19-5-6-20(2,3)4/h7-9H,5-6,10H2,1-4H3. The van der Waals surface area contributed by atoms with Gasteiger partial charge in [-0.1, -0.05) is 19.6 Å². The van der Waals surface area contributed by atoms with Gasteiger partial charge in [-0.25, -0.2) is 4.98 Å². The molecule has 1 heterocycles. The predicted molar refractivity (Wildman–Crippen MR) is 88.1 cm³/mol. The van der Waals surface area contributed by atoms with Crippen molar-refractivity contribution in [1.29, 1.82) is 0 Å². The number of rotatable bonds is 6. The van der Waals surface area contributed by atoms with E-state index in [-0.39, 0.29) is 0 Å². The fourth-order valence-corrected chi connectivity index (χ4v) is 3.11. The first-order chi connectivity index (χ1) is 9.40. The molecule has 0 saturated heterocycles. The number of imidazole rings is 1. The summed E-state index contributed by atoms with van der Waals surface area (Å²) in [6.07, 6.45) is 1.81. The summed E-state index contributed by atoms with van der Waals surface area (Å²) in [5, 5.41) is 0. The predicted octanol–water partition coefficient (Wildman–Crippen LogP) is 4.12. The van der Waals surface area contributed by atoms with E-state index < -0.39 is 8.07 Å². The number of aromatic nitrogens is 2. The lowest BCUT2D eigenvalue weighted by Crippen LogP contribution is -2.21. The van der Waals surface area contributed by atoms with Crippen LogP contribution >= 0.6 is 15.9 Å². The zero-order valence-electron chi connectivity index (χ0n) is 12.4. The number of hydrogen-bond donors (Lipinski definition) is 0. The molecule has 0 amide bonds. The highest BCUT2D eigenvalue weighted by Gasteiger charge is 2.12. The van der Waals surface area contributed by atoms with E-state index in [4.69, 9.17) is 9.47 Å². The topological polar surface area (TPSA) is 36.3 Å². The van der Waals surface area contributed by atoms with E-state index in [1.807, 2.05) is 23.0 Å². The van der Waals surface area contributed by atoms with Crippen molar-refractivity contribution < 1.29 is 9.47 Å². The van der Waals surface area contributed by atoms with E-state index >= 15 is 0 Å². The molecule has 0 radical (unpaired) electrons. The van der Waals surface area contributed by atoms with Crippen LogP contribution < -0.4 is 4.74 Å². The number of ether oxygens (including phenoxy) is 2. The Kier molecular flexibility index (Phi) is 4.88. The first-order valence-corrected chi connectivity index (χ1v) is 11.2. The smallest absolute Gasteiger partial charge is 0.135 e. The van der Waals surface area contributed by atoms with E-state index in [2.05, 4.69) is 40.6 Å². The Morgan fingerprint density at radius 1 is 1.30 bits per heavy atom. The Hall–Kier alpha value is -0.853. The van der Waals surface area contributed by atoms with Gasteiger partial charge >= 0.3 is 0 Å². The largest absolute Gasteiger partial charge is 0.495 e. The Balaban J connectivity index is 2.07. The summed E-state index contributed by atoms with van der Waals surface area (Å²) in [6, 6.07) is 5.12. The molecule has 4 nitrogen and oxygen atoms in total. The Bertz CT molecular complexity index is 593. The number of halogens is 1. The van der Waals surface area contributed by atoms with Gasteiger partial charge in [0.1, 0.15) is 12.5 Å². The van der Waals surface area contributed by atoms with Crippen LogP contribution in [0, 0.1) is 0 Å². The van der Waals surface area contributed by atoms with Crippen LogP contribution in [0.15, 0.2) is 22.9 Å². The minimum Gasteiger partial charge on any atom is -0.495 e. The van der Waals surface area contributed by atoms with Crippen molar-refractivity contribution >= 4 is 35.0 Å². The summed E-state index contributed by atoms with van der Waals surface area (Å²) >= 11 is 3.47. The van der Waals surface area contributed by atoms with Crippen LogP contribution in [0.4, 0.5) is 0 Å². The molecule has 0 saturated carbocycles. The van der Waals surface area contributed by atoms with Crippen molar-refractivity contribution in [1.82, 2.24) is 9.55 Å². The van der Waals surface area contributed by atoms with Crippen LogP contribution in [0.2, 0.25) is 25.7 Å². The molecule has 0 aliphatic carbocycles. The highest BCUT2D eigenvalue weighted by Crippen LogP contribution is 2.29. The molecular formula is C14H21BrN2O2Si. The van der Waals surface area contributed by atoms with Gasteiger partial charge in [-0.15, -0.1) is 0 Å². The van der Waals surface area contributed by atoms with Gasteiger partial charge in [0, 0.05) is 20.7 Å². The maximum atomic E-state index is 5.77. The number of fused-ring (bicyclic) bond motifs is 1. The van der Waals surface area contributed by atoms with Crippen LogP contribution in [0.5, 0.6) is 5.75 Å². The van der Waals surface area contributed by atoms with Crippen molar-refractivity contribution in [3.63, 3.8) is 0 Å². The maximum Gasteiger partial charge on any atom is 0.135 e. The normalized spacial score (nSPS) is 12.1. The van der Waals surface area contributed by atoms with E-state index in [0.717, 1.165) is 27.9 Å². The molecule has 0 aliphatic heterocycles. The van der Waals surface area contributed by atoms with Crippen molar-refractivity contribution in [3.8, 4) is 5.75 Å². The van der Waals surface area contributed by atoms with Crippen molar-refractivity contribution in [3.05, 3.63) is 22.9 Å². The average molecular weight is 357 g/mol. The molecular weight excluding hydrogens is 336 g/mol. The van der Waals surface area contributed by atoms with Gasteiger partial charge in [-0.3, -0.25) is 0 Å². The minimum absolute atomic E-state index is 0.533. The van der Waals surface area contributed by atoms with Gasteiger partial charge in [-0.05, 0) is 28.0 Å². The molecule has 0 fully saturated rings. The molecule has 1 aromatic carbocycles. The zero-order valence-corrected chi connectivity index (χ0v) is 15.0. The molecule has 0 N–H and O–H groups in total. The molecule has 0 atom stereocenters. The lowest BCUT2D eigenvalue weighted by Gasteiger charge is -2.15. The molecule has 20 heavy (non-hydrogen) atoms. The highest BCUT2D eigenvalue weighted by molar-refractivity contribution is 9.10. The SMILES string of the molecule is COc1cc2c(cc1Br)ncn2COCC[Si](C)(C)C. The lowest BCUT2D eigenvalue weighted by molar-refractivity contribution is 0.0898.